The molecule has 1 aromatic heterocycles. The van der Waals surface area contributed by atoms with E-state index < -0.39 is 17.3 Å². The van der Waals surface area contributed by atoms with Crippen LogP contribution in [0.5, 0.6) is 0 Å². The first-order valence-electron chi connectivity index (χ1n) is 5.63. The summed E-state index contributed by atoms with van der Waals surface area (Å²) in [6.45, 7) is 0. The highest BCUT2D eigenvalue weighted by atomic mass is 19.1. The Hall–Kier alpha value is -2.49. The minimum absolute atomic E-state index is 0.307. The second-order valence-electron chi connectivity index (χ2n) is 4.13. The van der Waals surface area contributed by atoms with Gasteiger partial charge in [-0.2, -0.15) is 0 Å². The largest absolute Gasteiger partial charge is 0.423 e. The van der Waals surface area contributed by atoms with Crippen molar-refractivity contribution in [3.63, 3.8) is 0 Å². The second-order valence-corrected chi connectivity index (χ2v) is 4.13. The van der Waals surface area contributed by atoms with Gasteiger partial charge in [-0.15, -0.1) is 0 Å². The Balaban J connectivity index is 2.38. The minimum Gasteiger partial charge on any atom is -0.423 e. The van der Waals surface area contributed by atoms with Gasteiger partial charge in [-0.05, 0) is 23.8 Å². The molecule has 0 atom stereocenters. The summed E-state index contributed by atoms with van der Waals surface area (Å²) in [5.74, 6) is -1.38. The molecule has 19 heavy (non-hydrogen) atoms. The zero-order valence-electron chi connectivity index (χ0n) is 9.69. The minimum atomic E-state index is -0.688. The molecule has 0 saturated carbocycles. The smallest absolute Gasteiger partial charge is 0.336 e. The summed E-state index contributed by atoms with van der Waals surface area (Å²) in [5.41, 5.74) is 0.583. The highest BCUT2D eigenvalue weighted by molar-refractivity contribution is 5.92. The van der Waals surface area contributed by atoms with Crippen molar-refractivity contribution in [2.24, 2.45) is 0 Å². The molecule has 0 amide bonds. The molecule has 0 radical (unpaired) electrons. The van der Waals surface area contributed by atoms with Gasteiger partial charge in [0, 0.05) is 23.1 Å². The number of para-hydroxylation sites is 1. The molecule has 4 heteroatoms. The van der Waals surface area contributed by atoms with E-state index in [4.69, 9.17) is 4.42 Å². The number of halogens is 2. The van der Waals surface area contributed by atoms with Crippen molar-refractivity contribution in [1.82, 2.24) is 0 Å². The molecule has 0 aliphatic rings. The maximum Gasteiger partial charge on any atom is 0.336 e. The molecule has 2 aromatic carbocycles. The van der Waals surface area contributed by atoms with Crippen molar-refractivity contribution in [3.05, 3.63) is 70.6 Å². The molecular formula is C15H8F2O2. The molecule has 0 aliphatic heterocycles. The van der Waals surface area contributed by atoms with Gasteiger partial charge in [-0.3, -0.25) is 0 Å². The van der Waals surface area contributed by atoms with Crippen molar-refractivity contribution in [2.75, 3.05) is 0 Å². The van der Waals surface area contributed by atoms with E-state index in [1.54, 1.807) is 24.3 Å². The van der Waals surface area contributed by atoms with Gasteiger partial charge in [0.25, 0.3) is 0 Å². The van der Waals surface area contributed by atoms with Crippen LogP contribution >= 0.6 is 0 Å². The summed E-state index contributed by atoms with van der Waals surface area (Å²) < 4.78 is 31.6. The SMILES string of the molecule is O=c1cc(-c2cc(F)cc(F)c2)c2ccccc2o1. The number of benzene rings is 2. The number of hydrogen-bond acceptors (Lipinski definition) is 2. The van der Waals surface area contributed by atoms with Gasteiger partial charge >= 0.3 is 5.63 Å². The number of rotatable bonds is 1. The first-order valence-corrected chi connectivity index (χ1v) is 5.63. The van der Waals surface area contributed by atoms with E-state index in [0.717, 1.165) is 6.07 Å². The molecule has 0 spiro atoms. The monoisotopic (exact) mass is 258 g/mol. The highest BCUT2D eigenvalue weighted by Gasteiger charge is 2.09. The Morgan fingerprint density at radius 3 is 2.32 bits per heavy atom. The van der Waals surface area contributed by atoms with Gasteiger partial charge in [-0.25, -0.2) is 13.6 Å². The van der Waals surface area contributed by atoms with Crippen LogP contribution in [-0.2, 0) is 0 Å². The quantitative estimate of drug-likeness (QED) is 0.622. The lowest BCUT2D eigenvalue weighted by atomic mass is 10.0. The number of hydrogen-bond donors (Lipinski definition) is 0. The van der Waals surface area contributed by atoms with Crippen molar-refractivity contribution in [3.8, 4) is 11.1 Å². The summed E-state index contributed by atoms with van der Waals surface area (Å²) in [4.78, 5) is 11.5. The normalized spacial score (nSPS) is 10.8. The van der Waals surface area contributed by atoms with Crippen LogP contribution in [0.3, 0.4) is 0 Å². The standard InChI is InChI=1S/C15H8F2O2/c16-10-5-9(6-11(17)7-10)13-8-15(18)19-14-4-2-1-3-12(13)14/h1-8H. The summed E-state index contributed by atoms with van der Waals surface area (Å²) in [6, 6.07) is 11.2. The maximum absolute atomic E-state index is 13.3. The summed E-state index contributed by atoms with van der Waals surface area (Å²) in [5, 5.41) is 0.632. The van der Waals surface area contributed by atoms with E-state index in [-0.39, 0.29) is 0 Å². The zero-order valence-corrected chi connectivity index (χ0v) is 9.69. The van der Waals surface area contributed by atoms with Crippen LogP contribution < -0.4 is 5.63 Å². The van der Waals surface area contributed by atoms with Gasteiger partial charge in [0.2, 0.25) is 0 Å². The van der Waals surface area contributed by atoms with Crippen LogP contribution in [0.15, 0.2) is 57.7 Å². The molecule has 0 unspecified atom stereocenters. The fraction of sp³-hybridized carbons (Fsp3) is 0. The Kier molecular flexibility index (Phi) is 2.63. The van der Waals surface area contributed by atoms with Gasteiger partial charge < -0.3 is 4.42 Å². The topological polar surface area (TPSA) is 30.2 Å². The zero-order chi connectivity index (χ0) is 13.4. The molecule has 0 saturated heterocycles. The molecule has 0 bridgehead atoms. The van der Waals surface area contributed by atoms with Crippen molar-refractivity contribution < 1.29 is 13.2 Å². The fourth-order valence-electron chi connectivity index (χ4n) is 2.06. The molecule has 0 aliphatic carbocycles. The van der Waals surface area contributed by atoms with Crippen LogP contribution in [0.2, 0.25) is 0 Å². The lowest BCUT2D eigenvalue weighted by Gasteiger charge is -2.05. The Morgan fingerprint density at radius 2 is 1.58 bits per heavy atom. The van der Waals surface area contributed by atoms with Crippen molar-refractivity contribution >= 4 is 11.0 Å². The fourth-order valence-corrected chi connectivity index (χ4v) is 2.06. The van der Waals surface area contributed by atoms with Crippen LogP contribution in [0.4, 0.5) is 8.78 Å². The third kappa shape index (κ3) is 2.12. The molecule has 0 N–H and O–H groups in total. The van der Waals surface area contributed by atoms with Gasteiger partial charge in [0.15, 0.2) is 0 Å². The summed E-state index contributed by atoms with van der Waals surface area (Å²) in [6.07, 6.45) is 0. The average Bonchev–Trinajstić information content (AvgIpc) is 2.36. The van der Waals surface area contributed by atoms with Crippen LogP contribution in [0.1, 0.15) is 0 Å². The Bertz CT molecular complexity index is 801. The van der Waals surface area contributed by atoms with E-state index in [1.165, 1.54) is 18.2 Å². The van der Waals surface area contributed by atoms with Crippen LogP contribution in [0, 0.1) is 11.6 Å². The molecule has 2 nitrogen and oxygen atoms in total. The van der Waals surface area contributed by atoms with E-state index in [1.807, 2.05) is 0 Å². The van der Waals surface area contributed by atoms with Gasteiger partial charge in [-0.1, -0.05) is 18.2 Å². The molecule has 3 rings (SSSR count). The van der Waals surface area contributed by atoms with Crippen molar-refractivity contribution in [1.29, 1.82) is 0 Å². The lowest BCUT2D eigenvalue weighted by molar-refractivity contribution is 0.561. The third-order valence-electron chi connectivity index (χ3n) is 2.82. The molecule has 1 heterocycles. The predicted octanol–water partition coefficient (Wildman–Crippen LogP) is 3.74. The lowest BCUT2D eigenvalue weighted by Crippen LogP contribution is -1.98. The van der Waals surface area contributed by atoms with E-state index in [2.05, 4.69) is 0 Å². The van der Waals surface area contributed by atoms with Crippen molar-refractivity contribution in [2.45, 2.75) is 0 Å². The van der Waals surface area contributed by atoms with E-state index >= 15 is 0 Å². The molecule has 94 valence electrons. The summed E-state index contributed by atoms with van der Waals surface area (Å²) >= 11 is 0. The van der Waals surface area contributed by atoms with Crippen LogP contribution in [-0.4, -0.2) is 0 Å². The highest BCUT2D eigenvalue weighted by Crippen LogP contribution is 2.28. The first kappa shape index (κ1) is 11.6. The molecule has 0 fully saturated rings. The number of fused-ring (bicyclic) bond motifs is 1. The van der Waals surface area contributed by atoms with Crippen LogP contribution in [0.25, 0.3) is 22.1 Å². The van der Waals surface area contributed by atoms with E-state index in [0.29, 0.717) is 22.1 Å². The predicted molar refractivity (Wildman–Crippen MR) is 67.8 cm³/mol. The third-order valence-corrected chi connectivity index (χ3v) is 2.82. The van der Waals surface area contributed by atoms with E-state index in [9.17, 15) is 13.6 Å². The molecule has 3 aromatic rings. The maximum atomic E-state index is 13.3. The molecular weight excluding hydrogens is 250 g/mol. The second kappa shape index (κ2) is 4.31. The Labute approximate surface area is 106 Å². The average molecular weight is 258 g/mol. The Morgan fingerprint density at radius 1 is 0.895 bits per heavy atom. The van der Waals surface area contributed by atoms with Gasteiger partial charge in [0.05, 0.1) is 0 Å². The first-order chi connectivity index (χ1) is 9.13. The van der Waals surface area contributed by atoms with Gasteiger partial charge in [0.1, 0.15) is 17.2 Å². The summed E-state index contributed by atoms with van der Waals surface area (Å²) in [7, 11) is 0.